The largest absolute Gasteiger partial charge is 0.460 e. The van der Waals surface area contributed by atoms with E-state index in [0.717, 1.165) is 5.56 Å². The van der Waals surface area contributed by atoms with Crippen LogP contribution in [-0.4, -0.2) is 95.3 Å². The first-order chi connectivity index (χ1) is 24.6. The number of nitrogens with one attached hydrogen (secondary N) is 2. The number of amides is 4. The summed E-state index contributed by atoms with van der Waals surface area (Å²) in [6, 6.07) is 5.00. The van der Waals surface area contributed by atoms with Crippen LogP contribution in [-0.2, 0) is 44.7 Å². The molecule has 3 rings (SSSR count). The molecule has 2 fully saturated rings. The quantitative estimate of drug-likeness (QED) is 0.223. The van der Waals surface area contributed by atoms with Crippen LogP contribution in [0.3, 0.4) is 0 Å². The zero-order chi connectivity index (χ0) is 38.7. The molecule has 4 amide bonds. The molecule has 12 heteroatoms. The van der Waals surface area contributed by atoms with E-state index in [1.165, 1.54) is 16.8 Å². The molecule has 8 atom stereocenters. The summed E-state index contributed by atoms with van der Waals surface area (Å²) < 4.78 is 12.1. The van der Waals surface area contributed by atoms with Crippen LogP contribution in [0.25, 0.3) is 0 Å². The summed E-state index contributed by atoms with van der Waals surface area (Å²) in [5.41, 5.74) is 0.742. The van der Waals surface area contributed by atoms with Crippen molar-refractivity contribution in [3.63, 3.8) is 0 Å². The van der Waals surface area contributed by atoms with Gasteiger partial charge in [0.1, 0.15) is 30.3 Å². The van der Waals surface area contributed by atoms with Crippen LogP contribution in [0.2, 0.25) is 0 Å². The molecule has 1 aromatic rings. The zero-order valence-electron chi connectivity index (χ0n) is 32.1. The standard InChI is InChI=1S/C40H58N4O8/c1-10-12-14-21-30-27(8)35(45)41-32(24(3)4)38(48)43(9)34(25(5)6)40(50)52-31(23-28-18-15-13-16-19-28)37(47)44-22-17-20-29(44)36(46)42-33(26(7)11-2)39(49)51-30/h1,13,15-16,18-19,24-27,29-34H,11-12,14,17,20-23H2,2-9H3,(H,41,45)(H,42,46). The molecule has 0 radical (unpaired) electrons. The van der Waals surface area contributed by atoms with E-state index >= 15 is 0 Å². The molecule has 0 bridgehead atoms. The third-order valence-corrected chi connectivity index (χ3v) is 10.3. The lowest BCUT2D eigenvalue weighted by Gasteiger charge is -2.35. The van der Waals surface area contributed by atoms with E-state index in [1.54, 1.807) is 34.6 Å². The first-order valence-corrected chi connectivity index (χ1v) is 18.7. The van der Waals surface area contributed by atoms with Crippen LogP contribution >= 0.6 is 0 Å². The van der Waals surface area contributed by atoms with Crippen molar-refractivity contribution in [1.29, 1.82) is 0 Å². The van der Waals surface area contributed by atoms with Crippen molar-refractivity contribution in [2.24, 2.45) is 23.7 Å². The number of terminal acetylenes is 1. The van der Waals surface area contributed by atoms with Gasteiger partial charge in [0.15, 0.2) is 6.10 Å². The smallest absolute Gasteiger partial charge is 0.329 e. The van der Waals surface area contributed by atoms with Gasteiger partial charge >= 0.3 is 11.9 Å². The minimum Gasteiger partial charge on any atom is -0.460 e. The Labute approximate surface area is 309 Å². The predicted octanol–water partition coefficient (Wildman–Crippen LogP) is 3.65. The van der Waals surface area contributed by atoms with Gasteiger partial charge in [-0.15, -0.1) is 12.3 Å². The second kappa shape index (κ2) is 19.4. The maximum atomic E-state index is 14.3. The van der Waals surface area contributed by atoms with Crippen molar-refractivity contribution >= 4 is 35.6 Å². The summed E-state index contributed by atoms with van der Waals surface area (Å²) >= 11 is 0. The van der Waals surface area contributed by atoms with Crippen molar-refractivity contribution in [3.8, 4) is 12.3 Å². The number of ether oxygens (including phenoxy) is 2. The van der Waals surface area contributed by atoms with Crippen LogP contribution in [0.4, 0.5) is 0 Å². The van der Waals surface area contributed by atoms with Crippen LogP contribution < -0.4 is 10.6 Å². The number of likely N-dealkylation sites (N-methyl/N-ethyl adjacent to an activating group) is 1. The zero-order valence-corrected chi connectivity index (χ0v) is 32.1. The first-order valence-electron chi connectivity index (χ1n) is 18.7. The van der Waals surface area contributed by atoms with Gasteiger partial charge in [-0.05, 0) is 49.0 Å². The fourth-order valence-electron chi connectivity index (χ4n) is 6.86. The number of unbranched alkanes of at least 4 members (excludes halogenated alkanes) is 1. The number of hydrogen-bond acceptors (Lipinski definition) is 8. The molecule has 12 nitrogen and oxygen atoms in total. The molecule has 2 saturated heterocycles. The molecule has 1 aromatic carbocycles. The lowest BCUT2D eigenvalue weighted by atomic mass is 9.94. The summed E-state index contributed by atoms with van der Waals surface area (Å²) in [6.45, 7) is 12.7. The van der Waals surface area contributed by atoms with Gasteiger partial charge in [-0.3, -0.25) is 19.2 Å². The Bertz CT molecular complexity index is 1460. The number of rotatable bonds is 9. The van der Waals surface area contributed by atoms with Crippen molar-refractivity contribution in [1.82, 2.24) is 20.4 Å². The number of benzene rings is 1. The van der Waals surface area contributed by atoms with Gasteiger partial charge in [-0.2, -0.15) is 0 Å². The van der Waals surface area contributed by atoms with Gasteiger partial charge < -0.3 is 29.9 Å². The molecule has 2 aliphatic rings. The normalized spacial score (nSPS) is 27.8. The summed E-state index contributed by atoms with van der Waals surface area (Å²) in [4.78, 5) is 86.9. The van der Waals surface area contributed by atoms with Crippen molar-refractivity contribution < 1.29 is 38.2 Å². The number of fused-ring (bicyclic) bond motifs is 1. The van der Waals surface area contributed by atoms with Gasteiger partial charge in [0.2, 0.25) is 17.7 Å². The molecule has 2 N–H and O–H groups in total. The average Bonchev–Trinajstić information content (AvgIpc) is 3.61. The fraction of sp³-hybridized carbons (Fsp3) is 0.650. The third kappa shape index (κ3) is 10.6. The highest BCUT2D eigenvalue weighted by Gasteiger charge is 2.44. The molecule has 2 aliphatic heterocycles. The molecule has 0 aromatic heterocycles. The highest BCUT2D eigenvalue weighted by molar-refractivity contribution is 5.95. The molecular weight excluding hydrogens is 664 g/mol. The van der Waals surface area contributed by atoms with E-state index in [2.05, 4.69) is 16.6 Å². The number of hydrogen-bond donors (Lipinski definition) is 2. The maximum absolute atomic E-state index is 14.3. The van der Waals surface area contributed by atoms with Gasteiger partial charge in [0.05, 0.1) is 5.92 Å². The van der Waals surface area contributed by atoms with Gasteiger partial charge in [-0.1, -0.05) is 85.2 Å². The Hall–Kier alpha value is -4.40. The molecule has 52 heavy (non-hydrogen) atoms. The number of carbonyl (C=O) groups is 6. The molecule has 2 heterocycles. The topological polar surface area (TPSA) is 151 Å². The molecule has 0 spiro atoms. The first kappa shape index (κ1) is 42.0. The SMILES string of the molecule is C#CCCCC1OC(=O)C(C(C)CC)NC(=O)C2CCCN2C(=O)C(Cc2ccccc2)OC(=O)C(C(C)C)N(C)C(=O)C(C(C)C)NC(=O)C1C. The van der Waals surface area contributed by atoms with Crippen molar-refractivity contribution in [2.75, 3.05) is 13.6 Å². The molecule has 8 unspecified atom stereocenters. The minimum absolute atomic E-state index is 0.0458. The summed E-state index contributed by atoms with van der Waals surface area (Å²) in [6.07, 6.45) is 5.90. The fourth-order valence-corrected chi connectivity index (χ4v) is 6.86. The minimum atomic E-state index is -1.30. The number of carbonyl (C=O) groups excluding carboxylic acids is 6. The Morgan fingerprint density at radius 1 is 0.885 bits per heavy atom. The van der Waals surface area contributed by atoms with Crippen molar-refractivity contribution in [2.45, 2.75) is 130 Å². The second-order valence-electron chi connectivity index (χ2n) is 14.9. The highest BCUT2D eigenvalue weighted by atomic mass is 16.6. The number of cyclic esters (lactones) is 2. The maximum Gasteiger partial charge on any atom is 0.329 e. The molecule has 0 saturated carbocycles. The monoisotopic (exact) mass is 722 g/mol. The lowest BCUT2D eigenvalue weighted by molar-refractivity contribution is -0.168. The van der Waals surface area contributed by atoms with E-state index in [0.29, 0.717) is 32.1 Å². The molecule has 286 valence electrons. The average molecular weight is 723 g/mol. The summed E-state index contributed by atoms with van der Waals surface area (Å²) in [7, 11) is 1.48. The Kier molecular flexibility index (Phi) is 15.7. The van der Waals surface area contributed by atoms with Crippen LogP contribution in [0.5, 0.6) is 0 Å². The van der Waals surface area contributed by atoms with E-state index in [9.17, 15) is 28.8 Å². The van der Waals surface area contributed by atoms with Crippen molar-refractivity contribution in [3.05, 3.63) is 35.9 Å². The lowest BCUT2D eigenvalue weighted by Crippen LogP contribution is -2.57. The van der Waals surface area contributed by atoms with Gasteiger partial charge in [0, 0.05) is 26.4 Å². The Morgan fingerprint density at radius 3 is 2.13 bits per heavy atom. The van der Waals surface area contributed by atoms with Gasteiger partial charge in [0.25, 0.3) is 5.91 Å². The van der Waals surface area contributed by atoms with E-state index in [4.69, 9.17) is 15.9 Å². The third-order valence-electron chi connectivity index (χ3n) is 10.3. The highest BCUT2D eigenvalue weighted by Crippen LogP contribution is 2.25. The predicted molar refractivity (Wildman–Crippen MR) is 196 cm³/mol. The molecule has 0 aliphatic carbocycles. The number of nitrogens with zero attached hydrogens (tertiary/aromatic N) is 2. The van der Waals surface area contributed by atoms with Crippen LogP contribution in [0, 0.1) is 36.0 Å². The summed E-state index contributed by atoms with van der Waals surface area (Å²) in [5.74, 6) is -3.02. The Morgan fingerprint density at radius 2 is 1.54 bits per heavy atom. The second-order valence-corrected chi connectivity index (χ2v) is 14.9. The van der Waals surface area contributed by atoms with E-state index in [1.807, 2.05) is 44.2 Å². The molecular formula is C40H58N4O8. The number of esters is 2. The summed E-state index contributed by atoms with van der Waals surface area (Å²) in [5, 5.41) is 5.72. The van der Waals surface area contributed by atoms with Crippen LogP contribution in [0.15, 0.2) is 30.3 Å². The Balaban J connectivity index is 2.14. The van der Waals surface area contributed by atoms with E-state index < -0.39 is 83.8 Å². The van der Waals surface area contributed by atoms with E-state index in [-0.39, 0.29) is 31.2 Å². The van der Waals surface area contributed by atoms with Crippen LogP contribution in [0.1, 0.15) is 92.6 Å². The van der Waals surface area contributed by atoms with Gasteiger partial charge in [-0.25, -0.2) is 9.59 Å².